The first kappa shape index (κ1) is 14.3. The first-order valence-electron chi connectivity index (χ1n) is 7.77. The number of anilines is 1. The number of nitrogens with zero attached hydrogens (tertiary/aromatic N) is 2. The van der Waals surface area contributed by atoms with Crippen molar-refractivity contribution in [1.82, 2.24) is 9.97 Å². The lowest BCUT2D eigenvalue weighted by atomic mass is 10.0. The number of benzene rings is 3. The summed E-state index contributed by atoms with van der Waals surface area (Å²) < 4.78 is 0. The Morgan fingerprint density at radius 2 is 1.67 bits per heavy atom. The van der Waals surface area contributed by atoms with Crippen molar-refractivity contribution in [2.24, 2.45) is 0 Å². The Hall–Kier alpha value is -3.27. The van der Waals surface area contributed by atoms with E-state index in [-0.39, 0.29) is 5.91 Å². The molecule has 116 valence electrons. The van der Waals surface area contributed by atoms with Crippen molar-refractivity contribution >= 4 is 33.4 Å². The van der Waals surface area contributed by atoms with Crippen molar-refractivity contribution in [3.8, 4) is 0 Å². The number of nitrogens with one attached hydrogen (secondary N) is 1. The van der Waals surface area contributed by atoms with E-state index in [1.54, 1.807) is 12.4 Å². The molecule has 1 amide bonds. The number of hydrogen-bond donors (Lipinski definition) is 1. The zero-order chi connectivity index (χ0) is 16.4. The van der Waals surface area contributed by atoms with Crippen molar-refractivity contribution in [2.45, 2.75) is 6.42 Å². The van der Waals surface area contributed by atoms with Crippen molar-refractivity contribution in [3.63, 3.8) is 0 Å². The molecule has 0 aliphatic carbocycles. The Bertz CT molecular complexity index is 1040. The monoisotopic (exact) mass is 313 g/mol. The summed E-state index contributed by atoms with van der Waals surface area (Å²) in [5.74, 6) is -0.0467. The lowest BCUT2D eigenvalue weighted by Gasteiger charge is -2.08. The van der Waals surface area contributed by atoms with E-state index < -0.39 is 0 Å². The summed E-state index contributed by atoms with van der Waals surface area (Å²) in [6.07, 6.45) is 3.63. The number of fused-ring (bicyclic) bond motifs is 2. The van der Waals surface area contributed by atoms with Crippen LogP contribution in [0.1, 0.15) is 5.56 Å². The van der Waals surface area contributed by atoms with Crippen molar-refractivity contribution in [1.29, 1.82) is 0 Å². The van der Waals surface area contributed by atoms with Gasteiger partial charge in [0.1, 0.15) is 0 Å². The lowest BCUT2D eigenvalue weighted by Crippen LogP contribution is -2.14. The van der Waals surface area contributed by atoms with Gasteiger partial charge in [-0.05, 0) is 34.5 Å². The molecule has 4 rings (SSSR count). The highest BCUT2D eigenvalue weighted by atomic mass is 16.1. The SMILES string of the molecule is O=C(Cc1cccc2ccccc12)Nc1ccc2nccnc2c1. The molecule has 4 aromatic rings. The second-order valence-corrected chi connectivity index (χ2v) is 5.62. The Balaban J connectivity index is 1.57. The maximum absolute atomic E-state index is 12.4. The third kappa shape index (κ3) is 2.82. The molecule has 0 atom stereocenters. The van der Waals surface area contributed by atoms with Crippen LogP contribution in [-0.4, -0.2) is 15.9 Å². The number of amides is 1. The molecule has 0 saturated carbocycles. The summed E-state index contributed by atoms with van der Waals surface area (Å²) in [5.41, 5.74) is 3.32. The minimum Gasteiger partial charge on any atom is -0.326 e. The molecule has 24 heavy (non-hydrogen) atoms. The standard InChI is InChI=1S/C20H15N3O/c24-20(12-15-6-3-5-14-4-1-2-7-17(14)15)23-16-8-9-18-19(13-16)22-11-10-21-18/h1-11,13H,12H2,(H,23,24). The summed E-state index contributed by atoms with van der Waals surface area (Å²) in [7, 11) is 0. The quantitative estimate of drug-likeness (QED) is 0.623. The molecule has 0 aliphatic heterocycles. The molecule has 1 N–H and O–H groups in total. The number of rotatable bonds is 3. The Morgan fingerprint density at radius 1 is 0.875 bits per heavy atom. The minimum absolute atomic E-state index is 0.0467. The molecule has 3 aromatic carbocycles. The molecule has 1 aromatic heterocycles. The van der Waals surface area contributed by atoms with E-state index in [4.69, 9.17) is 0 Å². The fourth-order valence-corrected chi connectivity index (χ4v) is 2.87. The summed E-state index contributed by atoms with van der Waals surface area (Å²) in [6.45, 7) is 0. The van der Waals surface area contributed by atoms with Crippen LogP contribution in [0.4, 0.5) is 5.69 Å². The average molecular weight is 313 g/mol. The van der Waals surface area contributed by atoms with Gasteiger partial charge in [-0.3, -0.25) is 14.8 Å². The number of aromatic nitrogens is 2. The van der Waals surface area contributed by atoms with Gasteiger partial charge in [0.15, 0.2) is 0 Å². The molecule has 4 heteroatoms. The number of carbonyl (C=O) groups excluding carboxylic acids is 1. The van der Waals surface area contributed by atoms with Crippen LogP contribution in [0.25, 0.3) is 21.8 Å². The van der Waals surface area contributed by atoms with Crippen LogP contribution in [0, 0.1) is 0 Å². The van der Waals surface area contributed by atoms with E-state index in [9.17, 15) is 4.79 Å². The molecule has 0 saturated heterocycles. The molecule has 0 unspecified atom stereocenters. The Morgan fingerprint density at radius 3 is 2.58 bits per heavy atom. The minimum atomic E-state index is -0.0467. The molecule has 0 bridgehead atoms. The maximum atomic E-state index is 12.4. The third-order valence-electron chi connectivity index (χ3n) is 3.98. The van der Waals surface area contributed by atoms with Crippen LogP contribution in [0.2, 0.25) is 0 Å². The summed E-state index contributed by atoms with van der Waals surface area (Å²) in [6, 6.07) is 19.7. The second-order valence-electron chi connectivity index (χ2n) is 5.62. The number of carbonyl (C=O) groups is 1. The molecule has 0 radical (unpaired) electrons. The van der Waals surface area contributed by atoms with Gasteiger partial charge in [-0.15, -0.1) is 0 Å². The topological polar surface area (TPSA) is 54.9 Å². The van der Waals surface area contributed by atoms with Gasteiger partial charge in [0.25, 0.3) is 0 Å². The summed E-state index contributed by atoms with van der Waals surface area (Å²) in [5, 5.41) is 5.19. The van der Waals surface area contributed by atoms with Gasteiger partial charge in [-0.25, -0.2) is 0 Å². The van der Waals surface area contributed by atoms with Crippen molar-refractivity contribution < 1.29 is 4.79 Å². The van der Waals surface area contributed by atoms with Gasteiger partial charge in [0.05, 0.1) is 17.5 Å². The van der Waals surface area contributed by atoms with Crippen LogP contribution < -0.4 is 5.32 Å². The van der Waals surface area contributed by atoms with Gasteiger partial charge in [0, 0.05) is 18.1 Å². The van der Waals surface area contributed by atoms with Gasteiger partial charge < -0.3 is 5.32 Å². The normalized spacial score (nSPS) is 10.8. The molecule has 0 fully saturated rings. The molecular formula is C20H15N3O. The van der Waals surface area contributed by atoms with Crippen molar-refractivity contribution in [2.75, 3.05) is 5.32 Å². The van der Waals surface area contributed by atoms with Gasteiger partial charge in [-0.2, -0.15) is 0 Å². The highest BCUT2D eigenvalue weighted by Crippen LogP contribution is 2.20. The highest BCUT2D eigenvalue weighted by molar-refractivity contribution is 5.97. The van der Waals surface area contributed by atoms with Crippen LogP contribution in [0.15, 0.2) is 73.1 Å². The maximum Gasteiger partial charge on any atom is 0.228 e. The van der Waals surface area contributed by atoms with E-state index >= 15 is 0 Å². The number of hydrogen-bond acceptors (Lipinski definition) is 3. The van der Waals surface area contributed by atoms with Crippen LogP contribution >= 0.6 is 0 Å². The summed E-state index contributed by atoms with van der Waals surface area (Å²) >= 11 is 0. The lowest BCUT2D eigenvalue weighted by molar-refractivity contribution is -0.115. The van der Waals surface area contributed by atoms with E-state index in [1.807, 2.05) is 48.5 Å². The first-order chi connectivity index (χ1) is 11.8. The predicted octanol–water partition coefficient (Wildman–Crippen LogP) is 3.96. The molecule has 4 nitrogen and oxygen atoms in total. The average Bonchev–Trinajstić information content (AvgIpc) is 2.62. The van der Waals surface area contributed by atoms with Crippen LogP contribution in [0.3, 0.4) is 0 Å². The van der Waals surface area contributed by atoms with E-state index in [2.05, 4.69) is 27.4 Å². The van der Waals surface area contributed by atoms with Crippen LogP contribution in [0.5, 0.6) is 0 Å². The fourth-order valence-electron chi connectivity index (χ4n) is 2.87. The fraction of sp³-hybridized carbons (Fsp3) is 0.0500. The Labute approximate surface area is 139 Å². The van der Waals surface area contributed by atoms with Gasteiger partial charge in [0.2, 0.25) is 5.91 Å². The second kappa shape index (κ2) is 6.08. The van der Waals surface area contributed by atoms with Crippen LogP contribution in [-0.2, 0) is 11.2 Å². The molecular weight excluding hydrogens is 298 g/mol. The smallest absolute Gasteiger partial charge is 0.228 e. The zero-order valence-electron chi connectivity index (χ0n) is 12.9. The van der Waals surface area contributed by atoms with Gasteiger partial charge >= 0.3 is 0 Å². The van der Waals surface area contributed by atoms with Gasteiger partial charge in [-0.1, -0.05) is 42.5 Å². The predicted molar refractivity (Wildman–Crippen MR) is 95.8 cm³/mol. The molecule has 0 aliphatic rings. The Kier molecular flexibility index (Phi) is 3.63. The molecule has 0 spiro atoms. The summed E-state index contributed by atoms with van der Waals surface area (Å²) in [4.78, 5) is 20.9. The van der Waals surface area contributed by atoms with E-state index in [0.29, 0.717) is 6.42 Å². The largest absolute Gasteiger partial charge is 0.326 e. The third-order valence-corrected chi connectivity index (χ3v) is 3.98. The molecule has 1 heterocycles. The van der Waals surface area contributed by atoms with Crippen molar-refractivity contribution in [3.05, 3.63) is 78.6 Å². The zero-order valence-corrected chi connectivity index (χ0v) is 12.9. The first-order valence-corrected chi connectivity index (χ1v) is 7.77. The van der Waals surface area contributed by atoms with E-state index in [1.165, 1.54) is 0 Å². The highest BCUT2D eigenvalue weighted by Gasteiger charge is 2.08. The van der Waals surface area contributed by atoms with E-state index in [0.717, 1.165) is 33.1 Å².